The van der Waals surface area contributed by atoms with Gasteiger partial charge in [-0.1, -0.05) is 0 Å². The predicted molar refractivity (Wildman–Crippen MR) is 78.8 cm³/mol. The second-order valence-corrected chi connectivity index (χ2v) is 6.31. The molecule has 0 atom stereocenters. The van der Waals surface area contributed by atoms with Crippen LogP contribution in [0.3, 0.4) is 0 Å². The highest BCUT2D eigenvalue weighted by atomic mass is 32.2. The molecule has 7 heteroatoms. The van der Waals surface area contributed by atoms with E-state index >= 15 is 0 Å². The molecule has 0 aliphatic carbocycles. The van der Waals surface area contributed by atoms with E-state index in [1.807, 2.05) is 0 Å². The average molecular weight is 299 g/mol. The molecule has 0 saturated carbocycles. The number of benzene rings is 1. The van der Waals surface area contributed by atoms with Crippen molar-refractivity contribution in [3.63, 3.8) is 0 Å². The van der Waals surface area contributed by atoms with Gasteiger partial charge >= 0.3 is 0 Å². The summed E-state index contributed by atoms with van der Waals surface area (Å²) >= 11 is 0. The molecule has 1 aromatic carbocycles. The number of amides is 1. The Morgan fingerprint density at radius 1 is 1.30 bits per heavy atom. The highest BCUT2D eigenvalue weighted by Crippen LogP contribution is 2.22. The molecule has 1 rings (SSSR count). The van der Waals surface area contributed by atoms with Gasteiger partial charge in [0.05, 0.1) is 4.90 Å². The van der Waals surface area contributed by atoms with E-state index < -0.39 is 10.0 Å². The van der Waals surface area contributed by atoms with Crippen molar-refractivity contribution >= 4 is 21.6 Å². The van der Waals surface area contributed by atoms with Crippen LogP contribution < -0.4 is 15.8 Å². The van der Waals surface area contributed by atoms with E-state index in [1.54, 1.807) is 32.9 Å². The van der Waals surface area contributed by atoms with Crippen LogP contribution in [0.1, 0.15) is 24.5 Å². The van der Waals surface area contributed by atoms with Crippen molar-refractivity contribution in [3.8, 4) is 0 Å². The Balaban J connectivity index is 2.82. The van der Waals surface area contributed by atoms with E-state index in [0.29, 0.717) is 17.8 Å². The molecule has 0 radical (unpaired) electrons. The zero-order valence-corrected chi connectivity index (χ0v) is 12.8. The van der Waals surface area contributed by atoms with Gasteiger partial charge in [0.25, 0.3) is 0 Å². The second kappa shape index (κ2) is 6.71. The first-order valence-electron chi connectivity index (χ1n) is 6.41. The molecule has 20 heavy (non-hydrogen) atoms. The van der Waals surface area contributed by atoms with Crippen LogP contribution in [0.4, 0.5) is 5.69 Å². The van der Waals surface area contributed by atoms with Crippen molar-refractivity contribution in [1.82, 2.24) is 10.0 Å². The van der Waals surface area contributed by atoms with Crippen molar-refractivity contribution in [2.24, 2.45) is 0 Å². The van der Waals surface area contributed by atoms with Gasteiger partial charge in [-0.3, -0.25) is 4.79 Å². The fourth-order valence-electron chi connectivity index (χ4n) is 1.79. The smallest absolute Gasteiger partial charge is 0.240 e. The monoisotopic (exact) mass is 299 g/mol. The first-order valence-corrected chi connectivity index (χ1v) is 7.89. The SMILES string of the molecule is CCNC(=O)CCNS(=O)(=O)c1cc(C)cc(N)c1C. The quantitative estimate of drug-likeness (QED) is 0.673. The number of nitrogens with one attached hydrogen (secondary N) is 2. The number of rotatable bonds is 6. The van der Waals surface area contributed by atoms with Crippen molar-refractivity contribution in [2.45, 2.75) is 32.1 Å². The summed E-state index contributed by atoms with van der Waals surface area (Å²) in [6.07, 6.45) is 0.105. The lowest BCUT2D eigenvalue weighted by Gasteiger charge is -2.12. The Kier molecular flexibility index (Phi) is 5.52. The number of hydrogen-bond donors (Lipinski definition) is 3. The summed E-state index contributed by atoms with van der Waals surface area (Å²) in [7, 11) is -3.66. The molecule has 0 aliphatic rings. The lowest BCUT2D eigenvalue weighted by Crippen LogP contribution is -2.31. The molecule has 0 bridgehead atoms. The molecular formula is C13H21N3O3S. The molecule has 1 amide bonds. The molecule has 0 saturated heterocycles. The molecular weight excluding hydrogens is 278 g/mol. The molecule has 0 spiro atoms. The molecule has 0 fully saturated rings. The van der Waals surface area contributed by atoms with Crippen molar-refractivity contribution < 1.29 is 13.2 Å². The summed E-state index contributed by atoms with van der Waals surface area (Å²) in [6, 6.07) is 3.29. The minimum Gasteiger partial charge on any atom is -0.398 e. The Morgan fingerprint density at radius 2 is 1.95 bits per heavy atom. The third-order valence-electron chi connectivity index (χ3n) is 2.85. The Hall–Kier alpha value is -1.60. The lowest BCUT2D eigenvalue weighted by atomic mass is 10.1. The van der Waals surface area contributed by atoms with Gasteiger partial charge in [0.1, 0.15) is 0 Å². The Labute approximate surface area is 119 Å². The molecule has 0 aliphatic heterocycles. The molecule has 112 valence electrons. The third-order valence-corrected chi connectivity index (χ3v) is 4.44. The van der Waals surface area contributed by atoms with Crippen LogP contribution in [-0.4, -0.2) is 27.4 Å². The molecule has 0 unspecified atom stereocenters. The van der Waals surface area contributed by atoms with E-state index in [2.05, 4.69) is 10.0 Å². The van der Waals surface area contributed by atoms with Crippen molar-refractivity contribution in [3.05, 3.63) is 23.3 Å². The van der Waals surface area contributed by atoms with Crippen LogP contribution in [-0.2, 0) is 14.8 Å². The van der Waals surface area contributed by atoms with Crippen LogP contribution in [0.15, 0.2) is 17.0 Å². The van der Waals surface area contributed by atoms with E-state index in [1.165, 1.54) is 0 Å². The molecule has 6 nitrogen and oxygen atoms in total. The summed E-state index contributed by atoms with van der Waals surface area (Å²) in [6.45, 7) is 5.83. The van der Waals surface area contributed by atoms with Crippen LogP contribution >= 0.6 is 0 Å². The van der Waals surface area contributed by atoms with E-state index in [9.17, 15) is 13.2 Å². The van der Waals surface area contributed by atoms with Gasteiger partial charge in [0.15, 0.2) is 0 Å². The molecule has 0 aromatic heterocycles. The topological polar surface area (TPSA) is 101 Å². The fourth-order valence-corrected chi connectivity index (χ4v) is 3.18. The van der Waals surface area contributed by atoms with Gasteiger partial charge in [0, 0.05) is 25.2 Å². The zero-order chi connectivity index (χ0) is 15.3. The number of carbonyl (C=O) groups excluding carboxylic acids is 1. The van der Waals surface area contributed by atoms with E-state index in [0.717, 1.165) is 5.56 Å². The number of hydrogen-bond acceptors (Lipinski definition) is 4. The van der Waals surface area contributed by atoms with E-state index in [4.69, 9.17) is 5.73 Å². The van der Waals surface area contributed by atoms with Gasteiger partial charge in [-0.05, 0) is 44.0 Å². The van der Waals surface area contributed by atoms with Gasteiger partial charge in [-0.15, -0.1) is 0 Å². The fraction of sp³-hybridized carbons (Fsp3) is 0.462. The predicted octanol–water partition coefficient (Wildman–Crippen LogP) is 0.690. The highest BCUT2D eigenvalue weighted by Gasteiger charge is 2.18. The Morgan fingerprint density at radius 3 is 2.55 bits per heavy atom. The van der Waals surface area contributed by atoms with Crippen molar-refractivity contribution in [1.29, 1.82) is 0 Å². The van der Waals surface area contributed by atoms with E-state index in [-0.39, 0.29) is 23.8 Å². The highest BCUT2D eigenvalue weighted by molar-refractivity contribution is 7.89. The number of sulfonamides is 1. The molecule has 0 heterocycles. The average Bonchev–Trinajstić information content (AvgIpc) is 2.33. The maximum Gasteiger partial charge on any atom is 0.240 e. The summed E-state index contributed by atoms with van der Waals surface area (Å²) in [5.41, 5.74) is 7.51. The normalized spacial score (nSPS) is 11.3. The van der Waals surface area contributed by atoms with Gasteiger partial charge in [-0.2, -0.15) is 0 Å². The number of aryl methyl sites for hydroxylation is 1. The zero-order valence-electron chi connectivity index (χ0n) is 12.0. The molecule has 4 N–H and O–H groups in total. The summed E-state index contributed by atoms with van der Waals surface area (Å²) in [5.74, 6) is -0.185. The number of carbonyl (C=O) groups is 1. The Bertz CT molecular complexity index is 597. The minimum atomic E-state index is -3.66. The van der Waals surface area contributed by atoms with Gasteiger partial charge in [-0.25, -0.2) is 13.1 Å². The van der Waals surface area contributed by atoms with Crippen LogP contribution in [0.25, 0.3) is 0 Å². The number of nitrogens with two attached hydrogens (primary N) is 1. The summed E-state index contributed by atoms with van der Waals surface area (Å²) < 4.78 is 26.8. The van der Waals surface area contributed by atoms with Gasteiger partial charge < -0.3 is 11.1 Å². The third kappa shape index (κ3) is 4.21. The van der Waals surface area contributed by atoms with Crippen LogP contribution in [0, 0.1) is 13.8 Å². The number of nitrogen functional groups attached to an aromatic ring is 1. The first-order chi connectivity index (χ1) is 9.27. The standard InChI is InChI=1S/C13H21N3O3S/c1-4-15-13(17)5-6-16-20(18,19)12-8-9(2)7-11(14)10(12)3/h7-8,16H,4-6,14H2,1-3H3,(H,15,17). The maximum atomic E-state index is 12.2. The van der Waals surface area contributed by atoms with Crippen molar-refractivity contribution in [2.75, 3.05) is 18.8 Å². The second-order valence-electron chi connectivity index (χ2n) is 4.58. The summed E-state index contributed by atoms with van der Waals surface area (Å²) in [4.78, 5) is 11.4. The lowest BCUT2D eigenvalue weighted by molar-refractivity contribution is -0.120. The minimum absolute atomic E-state index is 0.0570. The largest absolute Gasteiger partial charge is 0.398 e. The van der Waals surface area contributed by atoms with Crippen LogP contribution in [0.5, 0.6) is 0 Å². The molecule has 1 aromatic rings. The van der Waals surface area contributed by atoms with Gasteiger partial charge in [0.2, 0.25) is 15.9 Å². The first kappa shape index (κ1) is 16.5. The van der Waals surface area contributed by atoms with Crippen LogP contribution in [0.2, 0.25) is 0 Å². The summed E-state index contributed by atoms with van der Waals surface area (Å²) in [5, 5.41) is 2.61. The number of anilines is 1. The maximum absolute atomic E-state index is 12.2.